The van der Waals surface area contributed by atoms with Crippen LogP contribution in [-0.2, 0) is 0 Å². The van der Waals surface area contributed by atoms with Gasteiger partial charge in [-0.3, -0.25) is 0 Å². The van der Waals surface area contributed by atoms with Crippen molar-refractivity contribution in [3.8, 4) is 44.9 Å². The minimum absolute atomic E-state index is 0.676. The smallest absolute Gasteiger partial charge is 0.161 e. The predicted octanol–water partition coefficient (Wildman–Crippen LogP) is 12.5. The average Bonchev–Trinajstić information content (AvgIpc) is 3.56. The first kappa shape index (κ1) is 27.5. The summed E-state index contributed by atoms with van der Waals surface area (Å²) in [5.41, 5.74) is 10.2. The van der Waals surface area contributed by atoms with Crippen molar-refractivity contribution in [1.29, 1.82) is 0 Å². The molecule has 0 bridgehead atoms. The molecule has 0 radical (unpaired) electrons. The molecule has 0 atom stereocenters. The Kier molecular flexibility index (Phi) is 6.18. The van der Waals surface area contributed by atoms with Crippen LogP contribution in [0.4, 0.5) is 0 Å². The summed E-state index contributed by atoms with van der Waals surface area (Å²) < 4.78 is 6.65. The van der Waals surface area contributed by atoms with Crippen LogP contribution in [-0.4, -0.2) is 9.97 Å². The fraction of sp³-hybridized carbons (Fsp3) is 0. The quantitative estimate of drug-likeness (QED) is 0.196. The fourth-order valence-corrected chi connectivity index (χ4v) is 7.30. The highest BCUT2D eigenvalue weighted by Gasteiger charge is 2.20. The van der Waals surface area contributed by atoms with Gasteiger partial charge in [-0.15, -0.1) is 0 Å². The van der Waals surface area contributed by atoms with Gasteiger partial charge in [0.1, 0.15) is 11.2 Å². The van der Waals surface area contributed by atoms with Crippen molar-refractivity contribution < 1.29 is 4.42 Å². The molecular weight excluding hydrogens is 597 g/mol. The summed E-state index contributed by atoms with van der Waals surface area (Å²) in [5, 5.41) is 7.83. The summed E-state index contributed by atoms with van der Waals surface area (Å²) in [6, 6.07) is 59.7. The first-order valence-corrected chi connectivity index (χ1v) is 16.6. The van der Waals surface area contributed by atoms with Gasteiger partial charge in [-0.2, -0.15) is 0 Å². The van der Waals surface area contributed by atoms with Crippen molar-refractivity contribution in [2.45, 2.75) is 0 Å². The molecule has 3 nitrogen and oxygen atoms in total. The van der Waals surface area contributed by atoms with Gasteiger partial charge in [0.15, 0.2) is 5.82 Å². The molecule has 2 aromatic heterocycles. The molecule has 49 heavy (non-hydrogen) atoms. The number of furan rings is 1. The normalized spacial score (nSPS) is 11.7. The minimum atomic E-state index is 0.676. The number of fused-ring (bicyclic) bond motifs is 7. The van der Waals surface area contributed by atoms with Crippen molar-refractivity contribution in [1.82, 2.24) is 9.97 Å². The number of nitrogens with zero attached hydrogens (tertiary/aromatic N) is 2. The van der Waals surface area contributed by atoms with Crippen LogP contribution >= 0.6 is 0 Å². The van der Waals surface area contributed by atoms with Crippen LogP contribution in [0.25, 0.3) is 99.3 Å². The summed E-state index contributed by atoms with van der Waals surface area (Å²) in [4.78, 5) is 10.5. The van der Waals surface area contributed by atoms with Gasteiger partial charge < -0.3 is 4.42 Å². The number of hydrogen-bond donors (Lipinski definition) is 0. The van der Waals surface area contributed by atoms with Crippen molar-refractivity contribution in [2.24, 2.45) is 0 Å². The molecule has 0 aliphatic rings. The lowest BCUT2D eigenvalue weighted by atomic mass is 9.94. The van der Waals surface area contributed by atoms with Gasteiger partial charge in [-0.05, 0) is 62.7 Å². The molecule has 0 aliphatic heterocycles. The van der Waals surface area contributed by atoms with Crippen LogP contribution in [0.2, 0.25) is 0 Å². The van der Waals surface area contributed by atoms with E-state index in [4.69, 9.17) is 14.4 Å². The van der Waals surface area contributed by atoms with E-state index < -0.39 is 0 Å². The zero-order chi connectivity index (χ0) is 32.3. The first-order chi connectivity index (χ1) is 24.3. The highest BCUT2D eigenvalue weighted by atomic mass is 16.3. The van der Waals surface area contributed by atoms with Gasteiger partial charge in [0.25, 0.3) is 0 Å². The Labute approximate surface area is 282 Å². The third kappa shape index (κ3) is 4.51. The molecule has 0 spiro atoms. The van der Waals surface area contributed by atoms with Gasteiger partial charge in [0, 0.05) is 32.7 Å². The van der Waals surface area contributed by atoms with E-state index in [1.807, 2.05) is 18.2 Å². The summed E-state index contributed by atoms with van der Waals surface area (Å²) >= 11 is 0. The van der Waals surface area contributed by atoms with E-state index in [1.54, 1.807) is 0 Å². The minimum Gasteiger partial charge on any atom is -0.455 e. The van der Waals surface area contributed by atoms with Crippen LogP contribution in [0.5, 0.6) is 0 Å². The molecule has 0 amide bonds. The van der Waals surface area contributed by atoms with E-state index in [2.05, 4.69) is 152 Å². The molecule has 228 valence electrons. The van der Waals surface area contributed by atoms with Gasteiger partial charge in [-0.25, -0.2) is 9.97 Å². The number of aromatic nitrogens is 2. The second kappa shape index (κ2) is 11.0. The van der Waals surface area contributed by atoms with Gasteiger partial charge in [0.2, 0.25) is 0 Å². The number of rotatable bonds is 4. The lowest BCUT2D eigenvalue weighted by molar-refractivity contribution is 0.673. The van der Waals surface area contributed by atoms with Crippen molar-refractivity contribution in [3.05, 3.63) is 170 Å². The molecule has 0 N–H and O–H groups in total. The summed E-state index contributed by atoms with van der Waals surface area (Å²) in [7, 11) is 0. The highest BCUT2D eigenvalue weighted by Crippen LogP contribution is 2.43. The lowest BCUT2D eigenvalue weighted by Crippen LogP contribution is -1.95. The zero-order valence-electron chi connectivity index (χ0n) is 26.5. The van der Waals surface area contributed by atoms with Crippen molar-refractivity contribution in [3.63, 3.8) is 0 Å². The Hall–Kier alpha value is -6.58. The second-order valence-corrected chi connectivity index (χ2v) is 12.5. The van der Waals surface area contributed by atoms with E-state index in [0.717, 1.165) is 60.4 Å². The Bertz CT molecular complexity index is 2870. The topological polar surface area (TPSA) is 38.9 Å². The van der Waals surface area contributed by atoms with E-state index >= 15 is 0 Å². The lowest BCUT2D eigenvalue weighted by Gasteiger charge is -2.11. The molecule has 8 aromatic carbocycles. The van der Waals surface area contributed by atoms with Crippen LogP contribution in [0, 0.1) is 0 Å². The molecule has 3 heteroatoms. The van der Waals surface area contributed by atoms with Crippen molar-refractivity contribution >= 4 is 54.4 Å². The summed E-state index contributed by atoms with van der Waals surface area (Å²) in [5.74, 6) is 0.676. The zero-order valence-corrected chi connectivity index (χ0v) is 26.5. The van der Waals surface area contributed by atoms with Gasteiger partial charge in [-0.1, -0.05) is 146 Å². The Morgan fingerprint density at radius 1 is 0.388 bits per heavy atom. The maximum atomic E-state index is 6.65. The van der Waals surface area contributed by atoms with Crippen LogP contribution in [0.1, 0.15) is 0 Å². The van der Waals surface area contributed by atoms with E-state index in [9.17, 15) is 0 Å². The Balaban J connectivity index is 1.17. The van der Waals surface area contributed by atoms with E-state index in [-0.39, 0.29) is 0 Å². The maximum Gasteiger partial charge on any atom is 0.161 e. The van der Waals surface area contributed by atoms with Crippen LogP contribution in [0.3, 0.4) is 0 Å². The predicted molar refractivity (Wildman–Crippen MR) is 204 cm³/mol. The molecule has 0 saturated heterocycles. The second-order valence-electron chi connectivity index (χ2n) is 12.5. The molecule has 0 aliphatic carbocycles. The Morgan fingerprint density at radius 3 is 1.94 bits per heavy atom. The van der Waals surface area contributed by atoms with Gasteiger partial charge in [0.05, 0.1) is 11.2 Å². The molecule has 0 fully saturated rings. The number of hydrogen-bond acceptors (Lipinski definition) is 3. The Morgan fingerprint density at radius 2 is 1.08 bits per heavy atom. The molecule has 2 heterocycles. The number of benzene rings is 8. The SMILES string of the molecule is c1ccc(-c2cc3c(oc4cccc(-c5nc(-c6ccc(-c7ccc8ccccc8c7)cc6)c6ccccc6n5)c43)c3ccccc23)cc1. The van der Waals surface area contributed by atoms with Crippen molar-refractivity contribution in [2.75, 3.05) is 0 Å². The molecule has 0 unspecified atom stereocenters. The third-order valence-electron chi connectivity index (χ3n) is 9.67. The van der Waals surface area contributed by atoms with Crippen LogP contribution < -0.4 is 0 Å². The largest absolute Gasteiger partial charge is 0.455 e. The standard InChI is InChI=1S/C46H28N2O/c1-2-12-31(13-3-1)39-28-40-43-38(18-10-20-42(43)49-45(40)36-16-7-6-15-35(36)39)46-47-41-19-9-8-17-37(41)44(48-46)32-24-21-30(22-25-32)34-26-23-29-11-4-5-14-33(29)27-34/h1-28H. The third-order valence-corrected chi connectivity index (χ3v) is 9.67. The molecule has 10 aromatic rings. The highest BCUT2D eigenvalue weighted by molar-refractivity contribution is 6.22. The van der Waals surface area contributed by atoms with E-state index in [1.165, 1.54) is 33.0 Å². The molecule has 10 rings (SSSR count). The monoisotopic (exact) mass is 624 g/mol. The molecule has 0 saturated carbocycles. The summed E-state index contributed by atoms with van der Waals surface area (Å²) in [6.45, 7) is 0. The number of para-hydroxylation sites is 1. The maximum absolute atomic E-state index is 6.65. The summed E-state index contributed by atoms with van der Waals surface area (Å²) in [6.07, 6.45) is 0. The molecular formula is C46H28N2O. The van der Waals surface area contributed by atoms with Crippen LogP contribution in [0.15, 0.2) is 174 Å². The van der Waals surface area contributed by atoms with Gasteiger partial charge >= 0.3 is 0 Å². The fourth-order valence-electron chi connectivity index (χ4n) is 7.30. The van der Waals surface area contributed by atoms with E-state index in [0.29, 0.717) is 5.82 Å². The first-order valence-electron chi connectivity index (χ1n) is 16.6. The average molecular weight is 625 g/mol.